The number of hydrogen-bond acceptors (Lipinski definition) is 0. The molecule has 1 aliphatic rings. The molecule has 0 saturated carbocycles. The first-order valence-electron chi connectivity index (χ1n) is 6.87. The van der Waals surface area contributed by atoms with Crippen molar-refractivity contribution in [1.29, 1.82) is 0 Å². The van der Waals surface area contributed by atoms with Gasteiger partial charge in [-0.15, -0.1) is 0 Å². The molecule has 0 bridgehead atoms. The molecule has 0 radical (unpaired) electrons. The molecule has 1 aromatic rings. The number of benzene rings is 1. The molecule has 2 rings (SSSR count). The van der Waals surface area contributed by atoms with Gasteiger partial charge in [0, 0.05) is 11.3 Å². The van der Waals surface area contributed by atoms with Crippen molar-refractivity contribution in [3.05, 3.63) is 47.5 Å². The van der Waals surface area contributed by atoms with Crippen LogP contribution < -0.4 is 0 Å². The van der Waals surface area contributed by atoms with Gasteiger partial charge in [-0.1, -0.05) is 76.5 Å². The van der Waals surface area contributed by atoms with E-state index in [1.165, 1.54) is 42.4 Å². The average Bonchev–Trinajstić information content (AvgIpc) is 2.51. The molecule has 0 nitrogen and oxygen atoms in total. The third-order valence-corrected chi connectivity index (χ3v) is 4.33. The van der Waals surface area contributed by atoms with Crippen LogP contribution in [-0.4, -0.2) is 0 Å². The molecular weight excluding hydrogens is 204 g/mol. The molecule has 0 saturated heterocycles. The fourth-order valence-electron chi connectivity index (χ4n) is 3.09. The molecule has 0 heteroatoms. The number of allylic oxidation sites excluding steroid dienone is 1. The number of rotatable bonds is 4. The SMILES string of the molecule is C=C1C(CCCCC)c2ccccc2C1(C)C. The van der Waals surface area contributed by atoms with Gasteiger partial charge in [-0.25, -0.2) is 0 Å². The zero-order valence-corrected chi connectivity index (χ0v) is 11.4. The summed E-state index contributed by atoms with van der Waals surface area (Å²) in [5.74, 6) is 0.591. The Bertz CT molecular complexity index is 412. The maximum absolute atomic E-state index is 4.38. The van der Waals surface area contributed by atoms with Gasteiger partial charge < -0.3 is 0 Å². The lowest BCUT2D eigenvalue weighted by molar-refractivity contribution is 0.571. The average molecular weight is 228 g/mol. The molecule has 1 unspecified atom stereocenters. The third-order valence-electron chi connectivity index (χ3n) is 4.33. The highest BCUT2D eigenvalue weighted by molar-refractivity contribution is 5.52. The predicted molar refractivity (Wildman–Crippen MR) is 75.5 cm³/mol. The highest BCUT2D eigenvalue weighted by Crippen LogP contribution is 2.50. The van der Waals surface area contributed by atoms with E-state index in [1.54, 1.807) is 0 Å². The Morgan fingerprint density at radius 2 is 1.88 bits per heavy atom. The topological polar surface area (TPSA) is 0 Å². The Morgan fingerprint density at radius 3 is 2.59 bits per heavy atom. The third kappa shape index (κ3) is 2.06. The van der Waals surface area contributed by atoms with Gasteiger partial charge in [0.2, 0.25) is 0 Å². The zero-order chi connectivity index (χ0) is 12.5. The summed E-state index contributed by atoms with van der Waals surface area (Å²) in [5, 5.41) is 0. The fraction of sp³-hybridized carbons (Fsp3) is 0.529. The van der Waals surface area contributed by atoms with Crippen LogP contribution in [0.3, 0.4) is 0 Å². The molecule has 0 fully saturated rings. The lowest BCUT2D eigenvalue weighted by atomic mass is 9.81. The quantitative estimate of drug-likeness (QED) is 0.491. The molecule has 1 aliphatic carbocycles. The smallest absolute Gasteiger partial charge is 0.0111 e. The van der Waals surface area contributed by atoms with Gasteiger partial charge >= 0.3 is 0 Å². The lowest BCUT2D eigenvalue weighted by Crippen LogP contribution is -2.15. The van der Waals surface area contributed by atoms with Gasteiger partial charge in [-0.3, -0.25) is 0 Å². The van der Waals surface area contributed by atoms with E-state index >= 15 is 0 Å². The van der Waals surface area contributed by atoms with E-state index in [2.05, 4.69) is 51.6 Å². The molecule has 0 aromatic heterocycles. The molecule has 1 aromatic carbocycles. The summed E-state index contributed by atoms with van der Waals surface area (Å²) < 4.78 is 0. The highest BCUT2D eigenvalue weighted by Gasteiger charge is 2.39. The second-order valence-corrected chi connectivity index (χ2v) is 5.79. The van der Waals surface area contributed by atoms with Crippen LogP contribution in [0.5, 0.6) is 0 Å². The van der Waals surface area contributed by atoms with Crippen LogP contribution in [0.4, 0.5) is 0 Å². The monoisotopic (exact) mass is 228 g/mol. The molecule has 92 valence electrons. The van der Waals surface area contributed by atoms with E-state index in [0.29, 0.717) is 5.92 Å². The molecule has 0 spiro atoms. The van der Waals surface area contributed by atoms with E-state index in [9.17, 15) is 0 Å². The standard InChI is InChI=1S/C17H24/c1-5-6-7-10-14-13(2)17(3,4)16-12-9-8-11-15(14)16/h8-9,11-12,14H,2,5-7,10H2,1,3-4H3. The second kappa shape index (κ2) is 4.68. The van der Waals surface area contributed by atoms with Crippen LogP contribution in [-0.2, 0) is 5.41 Å². The van der Waals surface area contributed by atoms with Crippen LogP contribution in [0.1, 0.15) is 63.5 Å². The van der Waals surface area contributed by atoms with Crippen molar-refractivity contribution in [1.82, 2.24) is 0 Å². The normalized spacial score (nSPS) is 21.6. The lowest BCUT2D eigenvalue weighted by Gasteiger charge is -2.23. The van der Waals surface area contributed by atoms with Crippen LogP contribution in [0.2, 0.25) is 0 Å². The van der Waals surface area contributed by atoms with Crippen molar-refractivity contribution in [3.63, 3.8) is 0 Å². The van der Waals surface area contributed by atoms with Crippen LogP contribution in [0.15, 0.2) is 36.4 Å². The Balaban J connectivity index is 2.27. The minimum atomic E-state index is 0.160. The van der Waals surface area contributed by atoms with Crippen molar-refractivity contribution >= 4 is 0 Å². The van der Waals surface area contributed by atoms with Crippen molar-refractivity contribution < 1.29 is 0 Å². The summed E-state index contributed by atoms with van der Waals surface area (Å²) >= 11 is 0. The first-order valence-corrected chi connectivity index (χ1v) is 6.87. The minimum absolute atomic E-state index is 0.160. The molecule has 0 heterocycles. The molecule has 1 atom stereocenters. The van der Waals surface area contributed by atoms with Gasteiger partial charge in [-0.05, 0) is 17.5 Å². The number of fused-ring (bicyclic) bond motifs is 1. The molecular formula is C17H24. The number of hydrogen-bond donors (Lipinski definition) is 0. The van der Waals surface area contributed by atoms with E-state index in [1.807, 2.05) is 0 Å². The molecule has 17 heavy (non-hydrogen) atoms. The first kappa shape index (κ1) is 12.4. The summed E-state index contributed by atoms with van der Waals surface area (Å²) in [6.07, 6.45) is 5.23. The summed E-state index contributed by atoms with van der Waals surface area (Å²) in [6, 6.07) is 8.90. The summed E-state index contributed by atoms with van der Waals surface area (Å²) in [4.78, 5) is 0. The molecule has 0 N–H and O–H groups in total. The van der Waals surface area contributed by atoms with Crippen molar-refractivity contribution in [2.75, 3.05) is 0 Å². The Morgan fingerprint density at radius 1 is 1.18 bits per heavy atom. The maximum Gasteiger partial charge on any atom is 0.0111 e. The summed E-state index contributed by atoms with van der Waals surface area (Å²) in [7, 11) is 0. The highest BCUT2D eigenvalue weighted by atomic mass is 14.4. The largest absolute Gasteiger partial charge is 0.0984 e. The van der Waals surface area contributed by atoms with E-state index in [0.717, 1.165) is 0 Å². The van der Waals surface area contributed by atoms with Crippen molar-refractivity contribution in [2.45, 2.75) is 57.8 Å². The van der Waals surface area contributed by atoms with Gasteiger partial charge in [0.15, 0.2) is 0 Å². The first-order chi connectivity index (χ1) is 8.09. The second-order valence-electron chi connectivity index (χ2n) is 5.79. The van der Waals surface area contributed by atoms with Gasteiger partial charge in [-0.2, -0.15) is 0 Å². The van der Waals surface area contributed by atoms with Gasteiger partial charge in [0.1, 0.15) is 0 Å². The van der Waals surface area contributed by atoms with Crippen LogP contribution >= 0.6 is 0 Å². The summed E-state index contributed by atoms with van der Waals surface area (Å²) in [6.45, 7) is 11.3. The van der Waals surface area contributed by atoms with Gasteiger partial charge in [0.25, 0.3) is 0 Å². The number of unbranched alkanes of at least 4 members (excludes halogenated alkanes) is 2. The molecule has 0 aliphatic heterocycles. The molecule has 0 amide bonds. The Labute approximate surface area is 106 Å². The Hall–Kier alpha value is -1.04. The zero-order valence-electron chi connectivity index (χ0n) is 11.4. The van der Waals surface area contributed by atoms with Gasteiger partial charge in [0.05, 0.1) is 0 Å². The summed E-state index contributed by atoms with van der Waals surface area (Å²) in [5.41, 5.74) is 4.59. The van der Waals surface area contributed by atoms with Crippen molar-refractivity contribution in [2.24, 2.45) is 0 Å². The van der Waals surface area contributed by atoms with E-state index < -0.39 is 0 Å². The van der Waals surface area contributed by atoms with Crippen LogP contribution in [0, 0.1) is 0 Å². The minimum Gasteiger partial charge on any atom is -0.0984 e. The Kier molecular flexibility index (Phi) is 3.42. The van der Waals surface area contributed by atoms with Crippen LogP contribution in [0.25, 0.3) is 0 Å². The fourth-order valence-corrected chi connectivity index (χ4v) is 3.09. The predicted octanol–water partition coefficient (Wildman–Crippen LogP) is 5.20. The van der Waals surface area contributed by atoms with Crippen molar-refractivity contribution in [3.8, 4) is 0 Å². The maximum atomic E-state index is 4.38. The van der Waals surface area contributed by atoms with E-state index in [4.69, 9.17) is 0 Å². The van der Waals surface area contributed by atoms with E-state index in [-0.39, 0.29) is 5.41 Å².